The van der Waals surface area contributed by atoms with E-state index in [0.717, 1.165) is 38.6 Å². The third-order valence-corrected chi connectivity index (χ3v) is 6.33. The Morgan fingerprint density at radius 3 is 2.68 bits per heavy atom. The number of rotatable bonds is 6. The predicted octanol–water partition coefficient (Wildman–Crippen LogP) is 4.56. The smallest absolute Gasteiger partial charge is 0.251 e. The monoisotopic (exact) mass is 409 g/mol. The molecule has 2 aromatic carbocycles. The third-order valence-electron chi connectivity index (χ3n) is 4.32. The van der Waals surface area contributed by atoms with Gasteiger partial charge in [0, 0.05) is 23.4 Å². The van der Waals surface area contributed by atoms with Crippen LogP contribution < -0.4 is 10.6 Å². The Hall–Kier alpha value is -2.64. The van der Waals surface area contributed by atoms with Crippen molar-refractivity contribution in [2.75, 3.05) is 11.6 Å². The molecule has 0 saturated heterocycles. The van der Waals surface area contributed by atoms with Crippen molar-refractivity contribution < 1.29 is 9.59 Å². The van der Waals surface area contributed by atoms with Crippen LogP contribution >= 0.6 is 23.1 Å². The minimum atomic E-state index is -0.204. The number of fused-ring (bicyclic) bond motifs is 1. The number of carbonyl (C=O) groups is 2. The number of amides is 2. The highest BCUT2D eigenvalue weighted by atomic mass is 32.2. The van der Waals surface area contributed by atoms with E-state index < -0.39 is 0 Å². The van der Waals surface area contributed by atoms with Gasteiger partial charge >= 0.3 is 0 Å². The molecular formula is C21H19N3O2S2. The number of nitrogens with zero attached hydrogens (tertiary/aromatic N) is 1. The average Bonchev–Trinajstić information content (AvgIpc) is 3.42. The first-order valence-corrected chi connectivity index (χ1v) is 11.0. The van der Waals surface area contributed by atoms with Gasteiger partial charge in [-0.15, -0.1) is 11.3 Å². The van der Waals surface area contributed by atoms with E-state index in [0.29, 0.717) is 11.6 Å². The summed E-state index contributed by atoms with van der Waals surface area (Å²) in [7, 11) is 0. The zero-order valence-electron chi connectivity index (χ0n) is 15.3. The van der Waals surface area contributed by atoms with Gasteiger partial charge in [-0.25, -0.2) is 4.98 Å². The molecule has 0 atom stereocenters. The Morgan fingerprint density at radius 2 is 1.96 bits per heavy atom. The molecule has 5 nitrogen and oxygen atoms in total. The second-order valence-corrected chi connectivity index (χ2v) is 8.64. The van der Waals surface area contributed by atoms with Gasteiger partial charge in [0.25, 0.3) is 5.91 Å². The SMILES string of the molecule is CSc1nc2ccc(NC(=O)/C=C/c3ccc(C(=O)NC4CC4)cc3)cc2s1. The van der Waals surface area contributed by atoms with Crippen molar-refractivity contribution in [1.29, 1.82) is 0 Å². The zero-order valence-corrected chi connectivity index (χ0v) is 16.9. The molecule has 0 radical (unpaired) electrons. The van der Waals surface area contributed by atoms with Crippen molar-refractivity contribution in [2.24, 2.45) is 0 Å². The van der Waals surface area contributed by atoms with Gasteiger partial charge in [0.1, 0.15) is 0 Å². The van der Waals surface area contributed by atoms with Gasteiger partial charge in [0.05, 0.1) is 10.2 Å². The highest BCUT2D eigenvalue weighted by Gasteiger charge is 2.23. The van der Waals surface area contributed by atoms with Gasteiger partial charge in [-0.05, 0) is 61.1 Å². The third kappa shape index (κ3) is 4.61. The largest absolute Gasteiger partial charge is 0.349 e. The summed E-state index contributed by atoms with van der Waals surface area (Å²) in [6.07, 6.45) is 7.35. The fourth-order valence-corrected chi connectivity index (χ4v) is 4.19. The van der Waals surface area contributed by atoms with Crippen LogP contribution in [0.25, 0.3) is 16.3 Å². The molecule has 0 aliphatic heterocycles. The highest BCUT2D eigenvalue weighted by Crippen LogP contribution is 2.30. The van der Waals surface area contributed by atoms with Crippen molar-refractivity contribution in [3.05, 3.63) is 59.7 Å². The number of thiazole rings is 1. The first kappa shape index (κ1) is 18.7. The Kier molecular flexibility index (Phi) is 5.45. The molecule has 2 amide bonds. The van der Waals surface area contributed by atoms with Crippen LogP contribution in [-0.4, -0.2) is 29.1 Å². The highest BCUT2D eigenvalue weighted by molar-refractivity contribution is 8.00. The van der Waals surface area contributed by atoms with Gasteiger partial charge in [-0.1, -0.05) is 23.9 Å². The number of hydrogen-bond acceptors (Lipinski definition) is 5. The molecule has 1 fully saturated rings. The maximum absolute atomic E-state index is 12.2. The molecule has 2 N–H and O–H groups in total. The maximum atomic E-state index is 12.2. The van der Waals surface area contributed by atoms with Crippen molar-refractivity contribution in [3.63, 3.8) is 0 Å². The molecule has 1 aliphatic carbocycles. The lowest BCUT2D eigenvalue weighted by atomic mass is 10.1. The Morgan fingerprint density at radius 1 is 1.18 bits per heavy atom. The van der Waals surface area contributed by atoms with Crippen molar-refractivity contribution in [1.82, 2.24) is 10.3 Å². The molecule has 0 bridgehead atoms. The van der Waals surface area contributed by atoms with Crippen LogP contribution in [0.1, 0.15) is 28.8 Å². The average molecular weight is 410 g/mol. The van der Waals surface area contributed by atoms with E-state index in [-0.39, 0.29) is 11.8 Å². The molecule has 0 spiro atoms. The van der Waals surface area contributed by atoms with Crippen LogP contribution in [-0.2, 0) is 4.79 Å². The lowest BCUT2D eigenvalue weighted by molar-refractivity contribution is -0.111. The van der Waals surface area contributed by atoms with Crippen LogP contribution in [0, 0.1) is 0 Å². The second-order valence-electron chi connectivity index (χ2n) is 6.56. The number of anilines is 1. The van der Waals surface area contributed by atoms with E-state index in [2.05, 4.69) is 15.6 Å². The number of benzene rings is 2. The van der Waals surface area contributed by atoms with Gasteiger partial charge in [-0.3, -0.25) is 9.59 Å². The Balaban J connectivity index is 1.37. The van der Waals surface area contributed by atoms with Crippen molar-refractivity contribution >= 4 is 56.9 Å². The fraction of sp³-hybridized carbons (Fsp3) is 0.190. The number of aromatic nitrogens is 1. The van der Waals surface area contributed by atoms with Gasteiger partial charge < -0.3 is 10.6 Å². The quantitative estimate of drug-likeness (QED) is 0.462. The molecular weight excluding hydrogens is 390 g/mol. The van der Waals surface area contributed by atoms with E-state index in [1.54, 1.807) is 41.3 Å². The van der Waals surface area contributed by atoms with Gasteiger partial charge in [-0.2, -0.15) is 0 Å². The van der Waals surface area contributed by atoms with E-state index in [1.165, 1.54) is 6.08 Å². The minimum Gasteiger partial charge on any atom is -0.349 e. The lowest BCUT2D eigenvalue weighted by Crippen LogP contribution is -2.25. The summed E-state index contributed by atoms with van der Waals surface area (Å²) in [5, 5.41) is 5.83. The standard InChI is InChI=1S/C21H19N3O2S2/c1-27-21-24-17-10-9-16(12-18(17)28-21)22-19(25)11-4-13-2-5-14(6-3-13)20(26)23-15-7-8-15/h2-6,9-12,15H,7-8H2,1H3,(H,22,25)(H,23,26)/b11-4+. The predicted molar refractivity (Wildman–Crippen MR) is 116 cm³/mol. The molecule has 0 unspecified atom stereocenters. The van der Waals surface area contributed by atoms with Crippen molar-refractivity contribution in [2.45, 2.75) is 23.2 Å². The molecule has 3 aromatic rings. The van der Waals surface area contributed by atoms with E-state index in [9.17, 15) is 9.59 Å². The molecule has 7 heteroatoms. The summed E-state index contributed by atoms with van der Waals surface area (Å²) < 4.78 is 2.05. The fourth-order valence-electron chi connectivity index (χ4n) is 2.67. The Labute approximate surface area is 171 Å². The first-order chi connectivity index (χ1) is 13.6. The molecule has 1 aromatic heterocycles. The maximum Gasteiger partial charge on any atom is 0.251 e. The second kappa shape index (κ2) is 8.16. The summed E-state index contributed by atoms with van der Waals surface area (Å²) in [5.74, 6) is -0.247. The number of hydrogen-bond donors (Lipinski definition) is 2. The number of thioether (sulfide) groups is 1. The van der Waals surface area contributed by atoms with Crippen LogP contribution in [0.2, 0.25) is 0 Å². The summed E-state index contributed by atoms with van der Waals surface area (Å²) in [5.41, 5.74) is 3.18. The molecule has 1 saturated carbocycles. The Bertz CT molecular complexity index is 1050. The summed E-state index contributed by atoms with van der Waals surface area (Å²) in [6.45, 7) is 0. The van der Waals surface area contributed by atoms with Gasteiger partial charge in [0.2, 0.25) is 5.91 Å². The number of nitrogens with one attached hydrogen (secondary N) is 2. The number of carbonyl (C=O) groups excluding carboxylic acids is 2. The summed E-state index contributed by atoms with van der Waals surface area (Å²) in [6, 6.07) is 13.3. The zero-order chi connectivity index (χ0) is 19.5. The summed E-state index contributed by atoms with van der Waals surface area (Å²) >= 11 is 3.22. The summed E-state index contributed by atoms with van der Waals surface area (Å²) in [4.78, 5) is 28.7. The topological polar surface area (TPSA) is 71.1 Å². The van der Waals surface area contributed by atoms with Gasteiger partial charge in [0.15, 0.2) is 4.34 Å². The normalized spacial score (nSPS) is 13.8. The van der Waals surface area contributed by atoms with E-state index in [1.807, 2.05) is 36.6 Å². The van der Waals surface area contributed by atoms with Crippen LogP contribution in [0.3, 0.4) is 0 Å². The van der Waals surface area contributed by atoms with Crippen LogP contribution in [0.15, 0.2) is 52.9 Å². The molecule has 28 heavy (non-hydrogen) atoms. The molecule has 1 heterocycles. The minimum absolute atomic E-state index is 0.0427. The van der Waals surface area contributed by atoms with E-state index >= 15 is 0 Å². The van der Waals surface area contributed by atoms with E-state index in [4.69, 9.17) is 0 Å². The first-order valence-electron chi connectivity index (χ1n) is 8.95. The molecule has 4 rings (SSSR count). The van der Waals surface area contributed by atoms with Crippen LogP contribution in [0.4, 0.5) is 5.69 Å². The molecule has 1 aliphatic rings. The van der Waals surface area contributed by atoms with Crippen molar-refractivity contribution in [3.8, 4) is 0 Å². The molecule has 142 valence electrons. The van der Waals surface area contributed by atoms with Crippen LogP contribution in [0.5, 0.6) is 0 Å². The lowest BCUT2D eigenvalue weighted by Gasteiger charge is -2.03.